The first-order chi connectivity index (χ1) is 4.99. The van der Waals surface area contributed by atoms with E-state index in [1.54, 1.807) is 11.9 Å². The highest BCUT2D eigenvalue weighted by Crippen LogP contribution is 2.33. The summed E-state index contributed by atoms with van der Waals surface area (Å²) in [5.41, 5.74) is 1.34. The molecule has 1 rings (SSSR count). The smallest absolute Gasteiger partial charge is 0.0294 e. The number of rotatable bonds is 2. The van der Waals surface area contributed by atoms with Gasteiger partial charge in [-0.2, -0.15) is 0 Å². The minimum Gasteiger partial charge on any atom is -0.225 e. The van der Waals surface area contributed by atoms with E-state index >= 15 is 0 Å². The summed E-state index contributed by atoms with van der Waals surface area (Å²) in [6.07, 6.45) is 2.72. The zero-order valence-electron chi connectivity index (χ0n) is 7.85. The fourth-order valence-electron chi connectivity index (χ4n) is 0.785. The van der Waals surface area contributed by atoms with Gasteiger partial charge >= 0.3 is 0 Å². The van der Waals surface area contributed by atoms with E-state index in [1.807, 2.05) is 0 Å². The van der Waals surface area contributed by atoms with Crippen LogP contribution in [-0.4, -0.2) is 10.5 Å². The van der Waals surface area contributed by atoms with Crippen molar-refractivity contribution in [2.45, 2.75) is 45.3 Å². The molecule has 0 N–H and O–H groups in total. The largest absolute Gasteiger partial charge is 0.225 e. The molecular formula is C9H17NS. The molecule has 0 aromatic heterocycles. The van der Waals surface area contributed by atoms with Crippen molar-refractivity contribution in [3.8, 4) is 0 Å². The van der Waals surface area contributed by atoms with Gasteiger partial charge in [0.2, 0.25) is 0 Å². The second-order valence-electron chi connectivity index (χ2n) is 4.21. The highest BCUT2D eigenvalue weighted by molar-refractivity contribution is 7.99. The van der Waals surface area contributed by atoms with Crippen molar-refractivity contribution in [2.24, 2.45) is 10.3 Å². The standard InChI is InChI=1S/C9H17NS/c1-7(8-5-6-8)10-11-9(2,3)4/h8H,5-6H2,1-4H3/b10-7+. The fourth-order valence-corrected chi connectivity index (χ4v) is 1.35. The molecular weight excluding hydrogens is 154 g/mol. The molecule has 0 bridgehead atoms. The van der Waals surface area contributed by atoms with Crippen LogP contribution in [0.2, 0.25) is 0 Å². The molecule has 1 aliphatic carbocycles. The first-order valence-corrected chi connectivity index (χ1v) is 4.99. The Hall–Kier alpha value is 0.0200. The van der Waals surface area contributed by atoms with E-state index in [0.717, 1.165) is 5.92 Å². The van der Waals surface area contributed by atoms with Crippen molar-refractivity contribution in [2.75, 3.05) is 0 Å². The summed E-state index contributed by atoms with van der Waals surface area (Å²) in [4.78, 5) is 0. The highest BCUT2D eigenvalue weighted by atomic mass is 32.2. The molecule has 0 aliphatic heterocycles. The van der Waals surface area contributed by atoms with Crippen molar-refractivity contribution in [3.63, 3.8) is 0 Å². The summed E-state index contributed by atoms with van der Waals surface area (Å²) >= 11 is 1.70. The predicted octanol–water partition coefficient (Wildman–Crippen LogP) is 3.30. The van der Waals surface area contributed by atoms with Crippen molar-refractivity contribution in [3.05, 3.63) is 0 Å². The Morgan fingerprint density at radius 2 is 1.91 bits per heavy atom. The summed E-state index contributed by atoms with van der Waals surface area (Å²) in [5.74, 6) is 0.824. The topological polar surface area (TPSA) is 12.4 Å². The summed E-state index contributed by atoms with van der Waals surface area (Å²) in [6, 6.07) is 0. The van der Waals surface area contributed by atoms with Gasteiger partial charge in [-0.05, 0) is 58.4 Å². The van der Waals surface area contributed by atoms with Crippen molar-refractivity contribution >= 4 is 17.7 Å². The molecule has 1 fully saturated rings. The zero-order valence-corrected chi connectivity index (χ0v) is 8.66. The summed E-state index contributed by atoms with van der Waals surface area (Å²) in [5, 5.41) is 0. The summed E-state index contributed by atoms with van der Waals surface area (Å²) < 4.78 is 4.76. The number of nitrogens with zero attached hydrogens (tertiary/aromatic N) is 1. The first kappa shape index (κ1) is 9.11. The Morgan fingerprint density at radius 3 is 2.27 bits per heavy atom. The molecule has 0 aromatic carbocycles. The molecule has 0 amide bonds. The SMILES string of the molecule is C/C(=N\SC(C)(C)C)C1CC1. The molecule has 1 saturated carbocycles. The monoisotopic (exact) mass is 171 g/mol. The van der Waals surface area contributed by atoms with Gasteiger partial charge in [-0.3, -0.25) is 0 Å². The number of hydrogen-bond donors (Lipinski definition) is 0. The Labute approximate surface area is 73.8 Å². The van der Waals surface area contributed by atoms with Crippen LogP contribution in [0.15, 0.2) is 4.40 Å². The van der Waals surface area contributed by atoms with Crippen LogP contribution in [0.5, 0.6) is 0 Å². The van der Waals surface area contributed by atoms with Crippen molar-refractivity contribution in [1.29, 1.82) is 0 Å². The maximum absolute atomic E-state index is 4.49. The van der Waals surface area contributed by atoms with Crippen LogP contribution in [0, 0.1) is 5.92 Å². The van der Waals surface area contributed by atoms with Crippen LogP contribution in [0.25, 0.3) is 0 Å². The Bertz CT molecular complexity index is 163. The van der Waals surface area contributed by atoms with Gasteiger partial charge in [0.1, 0.15) is 0 Å². The molecule has 0 radical (unpaired) electrons. The number of hydrogen-bond acceptors (Lipinski definition) is 2. The summed E-state index contributed by atoms with van der Waals surface area (Å²) in [7, 11) is 0. The Balaban J connectivity index is 2.33. The minimum atomic E-state index is 0.274. The molecule has 2 heteroatoms. The Kier molecular flexibility index (Phi) is 2.63. The van der Waals surface area contributed by atoms with Crippen LogP contribution in [-0.2, 0) is 0 Å². The van der Waals surface area contributed by atoms with E-state index in [1.165, 1.54) is 18.6 Å². The molecule has 0 heterocycles. The van der Waals surface area contributed by atoms with Gasteiger partial charge in [-0.15, -0.1) is 0 Å². The molecule has 64 valence electrons. The van der Waals surface area contributed by atoms with E-state index in [-0.39, 0.29) is 4.75 Å². The average molecular weight is 171 g/mol. The summed E-state index contributed by atoms with van der Waals surface area (Å²) in [6.45, 7) is 8.74. The minimum absolute atomic E-state index is 0.274. The lowest BCUT2D eigenvalue weighted by Crippen LogP contribution is -2.06. The van der Waals surface area contributed by atoms with Gasteiger partial charge in [0, 0.05) is 10.5 Å². The quantitative estimate of drug-likeness (QED) is 0.458. The van der Waals surface area contributed by atoms with Gasteiger partial charge in [0.25, 0.3) is 0 Å². The highest BCUT2D eigenvalue weighted by Gasteiger charge is 2.24. The second-order valence-corrected chi connectivity index (χ2v) is 5.80. The molecule has 0 aromatic rings. The van der Waals surface area contributed by atoms with Crippen LogP contribution in [0.3, 0.4) is 0 Å². The normalized spacial score (nSPS) is 20.5. The Morgan fingerprint density at radius 1 is 1.36 bits per heavy atom. The third kappa shape index (κ3) is 3.80. The lowest BCUT2D eigenvalue weighted by atomic mass is 10.3. The third-order valence-electron chi connectivity index (χ3n) is 1.63. The zero-order chi connectivity index (χ0) is 8.48. The van der Waals surface area contributed by atoms with Gasteiger partial charge in [0.15, 0.2) is 0 Å². The lowest BCUT2D eigenvalue weighted by molar-refractivity contribution is 0.804. The lowest BCUT2D eigenvalue weighted by Gasteiger charge is -2.13. The molecule has 11 heavy (non-hydrogen) atoms. The van der Waals surface area contributed by atoms with Gasteiger partial charge in [-0.1, -0.05) is 0 Å². The van der Waals surface area contributed by atoms with E-state index in [4.69, 9.17) is 0 Å². The first-order valence-electron chi connectivity index (χ1n) is 4.22. The van der Waals surface area contributed by atoms with Gasteiger partial charge < -0.3 is 0 Å². The molecule has 0 spiro atoms. The predicted molar refractivity (Wildman–Crippen MR) is 53.2 cm³/mol. The van der Waals surface area contributed by atoms with Crippen molar-refractivity contribution < 1.29 is 0 Å². The molecule has 0 atom stereocenters. The van der Waals surface area contributed by atoms with Crippen LogP contribution < -0.4 is 0 Å². The molecule has 0 saturated heterocycles. The van der Waals surface area contributed by atoms with Crippen molar-refractivity contribution in [1.82, 2.24) is 0 Å². The second kappa shape index (κ2) is 3.18. The van der Waals surface area contributed by atoms with E-state index in [0.29, 0.717) is 0 Å². The van der Waals surface area contributed by atoms with Crippen LogP contribution >= 0.6 is 11.9 Å². The van der Waals surface area contributed by atoms with Crippen LogP contribution in [0.1, 0.15) is 40.5 Å². The van der Waals surface area contributed by atoms with Crippen LogP contribution in [0.4, 0.5) is 0 Å². The molecule has 0 unspecified atom stereocenters. The molecule has 1 aliphatic rings. The average Bonchev–Trinajstić information content (AvgIpc) is 2.61. The van der Waals surface area contributed by atoms with Gasteiger partial charge in [0.05, 0.1) is 0 Å². The maximum atomic E-state index is 4.49. The van der Waals surface area contributed by atoms with E-state index in [9.17, 15) is 0 Å². The van der Waals surface area contributed by atoms with E-state index < -0.39 is 0 Å². The van der Waals surface area contributed by atoms with Gasteiger partial charge in [-0.25, -0.2) is 4.40 Å². The van der Waals surface area contributed by atoms with E-state index in [2.05, 4.69) is 32.1 Å². The maximum Gasteiger partial charge on any atom is 0.0294 e. The fraction of sp³-hybridized carbons (Fsp3) is 0.889. The third-order valence-corrected chi connectivity index (χ3v) is 2.56. The molecule has 1 nitrogen and oxygen atoms in total.